The molecule has 0 saturated carbocycles. The summed E-state index contributed by atoms with van der Waals surface area (Å²) < 4.78 is 0. The SMILES string of the molecule is CCCCCCCCCC(=O)NC(CCCl)C(C)(C)C. The number of nitrogens with one attached hydrogen (secondary N) is 1. The number of rotatable bonds is 11. The molecule has 0 aromatic heterocycles. The smallest absolute Gasteiger partial charge is 0.220 e. The molecule has 0 fully saturated rings. The molecule has 0 saturated heterocycles. The molecule has 1 N–H and O–H groups in total. The molecule has 1 unspecified atom stereocenters. The highest BCUT2D eigenvalue weighted by Gasteiger charge is 2.25. The quantitative estimate of drug-likeness (QED) is 0.408. The summed E-state index contributed by atoms with van der Waals surface area (Å²) in [6, 6.07) is 0.178. The van der Waals surface area contributed by atoms with E-state index in [1.807, 2.05) is 0 Å². The zero-order chi connectivity index (χ0) is 15.4. The maximum Gasteiger partial charge on any atom is 0.220 e. The molecule has 2 nitrogen and oxygen atoms in total. The standard InChI is InChI=1S/C17H34ClNO/c1-5-6-7-8-9-10-11-12-16(20)19-15(13-14-18)17(2,3)4/h15H,5-14H2,1-4H3,(H,19,20). The number of amides is 1. The third-order valence-corrected chi connectivity index (χ3v) is 4.00. The normalized spacial score (nSPS) is 13.2. The van der Waals surface area contributed by atoms with Gasteiger partial charge in [0.05, 0.1) is 0 Å². The lowest BCUT2D eigenvalue weighted by molar-refractivity contribution is -0.122. The molecule has 0 aromatic rings. The van der Waals surface area contributed by atoms with Gasteiger partial charge in [0, 0.05) is 18.3 Å². The van der Waals surface area contributed by atoms with Crippen LogP contribution in [0.2, 0.25) is 0 Å². The molecular formula is C17H34ClNO. The Labute approximate surface area is 131 Å². The average Bonchev–Trinajstić information content (AvgIpc) is 2.36. The second kappa shape index (κ2) is 11.4. The van der Waals surface area contributed by atoms with E-state index in [-0.39, 0.29) is 17.4 Å². The van der Waals surface area contributed by atoms with E-state index >= 15 is 0 Å². The van der Waals surface area contributed by atoms with Crippen LogP contribution in [-0.4, -0.2) is 17.8 Å². The first-order chi connectivity index (χ1) is 9.41. The molecule has 0 aliphatic heterocycles. The van der Waals surface area contributed by atoms with Gasteiger partial charge in [-0.2, -0.15) is 0 Å². The van der Waals surface area contributed by atoms with E-state index in [9.17, 15) is 4.79 Å². The fourth-order valence-electron chi connectivity index (χ4n) is 2.34. The molecule has 0 aromatic carbocycles. The highest BCUT2D eigenvalue weighted by molar-refractivity contribution is 6.17. The molecule has 1 atom stereocenters. The molecule has 0 spiro atoms. The molecule has 0 radical (unpaired) electrons. The molecule has 0 bridgehead atoms. The average molecular weight is 304 g/mol. The third kappa shape index (κ3) is 10.5. The minimum absolute atomic E-state index is 0.0741. The fraction of sp³-hybridized carbons (Fsp3) is 0.941. The first-order valence-electron chi connectivity index (χ1n) is 8.27. The van der Waals surface area contributed by atoms with Crippen molar-refractivity contribution >= 4 is 17.5 Å². The Morgan fingerprint density at radius 2 is 1.60 bits per heavy atom. The Kier molecular flexibility index (Phi) is 11.3. The molecular weight excluding hydrogens is 270 g/mol. The zero-order valence-corrected chi connectivity index (χ0v) is 14.7. The van der Waals surface area contributed by atoms with Gasteiger partial charge in [0.1, 0.15) is 0 Å². The van der Waals surface area contributed by atoms with Crippen LogP contribution in [0.4, 0.5) is 0 Å². The van der Waals surface area contributed by atoms with Crippen LogP contribution < -0.4 is 5.32 Å². The van der Waals surface area contributed by atoms with Gasteiger partial charge in [-0.1, -0.05) is 66.2 Å². The predicted molar refractivity (Wildman–Crippen MR) is 89.3 cm³/mol. The monoisotopic (exact) mass is 303 g/mol. The highest BCUT2D eigenvalue weighted by Crippen LogP contribution is 2.22. The number of hydrogen-bond donors (Lipinski definition) is 1. The van der Waals surface area contributed by atoms with Crippen molar-refractivity contribution in [2.45, 2.75) is 91.5 Å². The largest absolute Gasteiger partial charge is 0.353 e. The van der Waals surface area contributed by atoms with E-state index in [1.165, 1.54) is 38.5 Å². The van der Waals surface area contributed by atoms with Gasteiger partial charge in [-0.3, -0.25) is 4.79 Å². The summed E-state index contributed by atoms with van der Waals surface area (Å²) in [5.41, 5.74) is 0.0741. The van der Waals surface area contributed by atoms with Gasteiger partial charge in [-0.25, -0.2) is 0 Å². The van der Waals surface area contributed by atoms with Crippen LogP contribution in [0.15, 0.2) is 0 Å². The lowest BCUT2D eigenvalue weighted by Gasteiger charge is -2.31. The van der Waals surface area contributed by atoms with Crippen molar-refractivity contribution in [2.75, 3.05) is 5.88 Å². The van der Waals surface area contributed by atoms with Gasteiger partial charge in [-0.05, 0) is 18.3 Å². The van der Waals surface area contributed by atoms with Crippen molar-refractivity contribution in [3.8, 4) is 0 Å². The van der Waals surface area contributed by atoms with Gasteiger partial charge in [0.15, 0.2) is 0 Å². The summed E-state index contributed by atoms with van der Waals surface area (Å²) in [5.74, 6) is 0.781. The van der Waals surface area contributed by atoms with Crippen LogP contribution in [-0.2, 0) is 4.79 Å². The van der Waals surface area contributed by atoms with Crippen molar-refractivity contribution < 1.29 is 4.79 Å². The molecule has 0 heterocycles. The Morgan fingerprint density at radius 3 is 2.10 bits per heavy atom. The first kappa shape index (κ1) is 19.8. The van der Waals surface area contributed by atoms with Crippen molar-refractivity contribution in [3.63, 3.8) is 0 Å². The Balaban J connectivity index is 3.75. The molecule has 120 valence electrons. The minimum Gasteiger partial charge on any atom is -0.353 e. The molecule has 3 heteroatoms. The zero-order valence-electron chi connectivity index (χ0n) is 13.9. The number of unbranched alkanes of at least 4 members (excludes halogenated alkanes) is 6. The maximum absolute atomic E-state index is 12.0. The third-order valence-electron chi connectivity index (χ3n) is 3.79. The Bertz CT molecular complexity index is 248. The van der Waals surface area contributed by atoms with E-state index < -0.39 is 0 Å². The van der Waals surface area contributed by atoms with Crippen LogP contribution >= 0.6 is 11.6 Å². The summed E-state index contributed by atoms with van der Waals surface area (Å²) in [4.78, 5) is 12.0. The Hall–Kier alpha value is -0.240. The van der Waals surface area contributed by atoms with Crippen molar-refractivity contribution in [1.82, 2.24) is 5.32 Å². The number of halogens is 1. The number of carbonyl (C=O) groups is 1. The van der Waals surface area contributed by atoms with Gasteiger partial charge in [-0.15, -0.1) is 11.6 Å². The second-order valence-electron chi connectivity index (χ2n) is 6.84. The van der Waals surface area contributed by atoms with Gasteiger partial charge in [0.25, 0.3) is 0 Å². The van der Waals surface area contributed by atoms with Gasteiger partial charge in [0.2, 0.25) is 5.91 Å². The lowest BCUT2D eigenvalue weighted by Crippen LogP contribution is -2.43. The van der Waals surface area contributed by atoms with E-state index in [1.54, 1.807) is 0 Å². The summed E-state index contributed by atoms with van der Waals surface area (Å²) in [7, 11) is 0. The minimum atomic E-state index is 0.0741. The number of alkyl halides is 1. The van der Waals surface area contributed by atoms with E-state index in [0.717, 1.165) is 12.8 Å². The molecule has 0 aliphatic carbocycles. The topological polar surface area (TPSA) is 29.1 Å². The van der Waals surface area contributed by atoms with Crippen LogP contribution in [0.5, 0.6) is 0 Å². The first-order valence-corrected chi connectivity index (χ1v) is 8.80. The van der Waals surface area contributed by atoms with Crippen molar-refractivity contribution in [2.24, 2.45) is 5.41 Å². The molecule has 0 rings (SSSR count). The van der Waals surface area contributed by atoms with Crippen LogP contribution in [0.1, 0.15) is 85.5 Å². The highest BCUT2D eigenvalue weighted by atomic mass is 35.5. The molecule has 0 aliphatic rings. The predicted octanol–water partition coefficient (Wildman–Crippen LogP) is 5.29. The molecule has 1 amide bonds. The fourth-order valence-corrected chi connectivity index (χ4v) is 2.56. The summed E-state index contributed by atoms with van der Waals surface area (Å²) in [6.07, 6.45) is 10.2. The Morgan fingerprint density at radius 1 is 1.05 bits per heavy atom. The number of carbonyl (C=O) groups excluding carboxylic acids is 1. The van der Waals surface area contributed by atoms with Crippen LogP contribution in [0, 0.1) is 5.41 Å². The summed E-state index contributed by atoms with van der Waals surface area (Å²) in [5, 5.41) is 3.15. The van der Waals surface area contributed by atoms with E-state index in [0.29, 0.717) is 12.3 Å². The van der Waals surface area contributed by atoms with Crippen LogP contribution in [0.25, 0.3) is 0 Å². The summed E-state index contributed by atoms with van der Waals surface area (Å²) >= 11 is 5.82. The molecule has 20 heavy (non-hydrogen) atoms. The summed E-state index contributed by atoms with van der Waals surface area (Å²) in [6.45, 7) is 8.69. The van der Waals surface area contributed by atoms with Crippen molar-refractivity contribution in [3.05, 3.63) is 0 Å². The number of hydrogen-bond acceptors (Lipinski definition) is 1. The van der Waals surface area contributed by atoms with Crippen LogP contribution in [0.3, 0.4) is 0 Å². The maximum atomic E-state index is 12.0. The van der Waals surface area contributed by atoms with E-state index in [4.69, 9.17) is 11.6 Å². The van der Waals surface area contributed by atoms with Gasteiger partial charge < -0.3 is 5.32 Å². The lowest BCUT2D eigenvalue weighted by atomic mass is 9.85. The van der Waals surface area contributed by atoms with E-state index in [2.05, 4.69) is 33.0 Å². The van der Waals surface area contributed by atoms with Crippen molar-refractivity contribution in [1.29, 1.82) is 0 Å². The second-order valence-corrected chi connectivity index (χ2v) is 7.21. The van der Waals surface area contributed by atoms with Gasteiger partial charge >= 0.3 is 0 Å².